The maximum atomic E-state index is 5.70. The lowest BCUT2D eigenvalue weighted by atomic mass is 10.1. The van der Waals surface area contributed by atoms with Crippen LogP contribution in [0.25, 0.3) is 0 Å². The number of para-hydroxylation sites is 1. The highest BCUT2D eigenvalue weighted by Crippen LogP contribution is 2.16. The SMILES string of the molecule is CCCN=C(N)NCCc1ccccc1OC.I. The second kappa shape index (κ2) is 9.99. The molecule has 0 saturated carbocycles. The second-order valence-electron chi connectivity index (χ2n) is 3.76. The molecule has 1 rings (SSSR count). The maximum Gasteiger partial charge on any atom is 0.188 e. The molecule has 18 heavy (non-hydrogen) atoms. The van der Waals surface area contributed by atoms with Gasteiger partial charge < -0.3 is 15.8 Å². The van der Waals surface area contributed by atoms with Crippen LogP contribution in [0.3, 0.4) is 0 Å². The van der Waals surface area contributed by atoms with Crippen LogP contribution in [0.15, 0.2) is 29.3 Å². The van der Waals surface area contributed by atoms with Crippen molar-refractivity contribution in [1.29, 1.82) is 0 Å². The lowest BCUT2D eigenvalue weighted by Crippen LogP contribution is -2.33. The molecule has 0 radical (unpaired) electrons. The van der Waals surface area contributed by atoms with Gasteiger partial charge in [0.25, 0.3) is 0 Å². The molecule has 0 atom stereocenters. The van der Waals surface area contributed by atoms with Gasteiger partial charge in [-0.15, -0.1) is 24.0 Å². The van der Waals surface area contributed by atoms with Crippen LogP contribution in [-0.2, 0) is 6.42 Å². The summed E-state index contributed by atoms with van der Waals surface area (Å²) in [4.78, 5) is 4.17. The van der Waals surface area contributed by atoms with Crippen molar-refractivity contribution >= 4 is 29.9 Å². The lowest BCUT2D eigenvalue weighted by Gasteiger charge is -2.09. The molecule has 1 aromatic carbocycles. The highest BCUT2D eigenvalue weighted by molar-refractivity contribution is 14.0. The van der Waals surface area contributed by atoms with Crippen LogP contribution in [0.1, 0.15) is 18.9 Å². The molecular weight excluding hydrogens is 341 g/mol. The molecule has 1 aromatic rings. The average Bonchev–Trinajstić information content (AvgIpc) is 2.37. The van der Waals surface area contributed by atoms with Gasteiger partial charge in [-0.1, -0.05) is 25.1 Å². The highest BCUT2D eigenvalue weighted by Gasteiger charge is 2.00. The first kappa shape index (κ1) is 17.0. The predicted molar refractivity (Wildman–Crippen MR) is 86.9 cm³/mol. The number of hydrogen-bond donors (Lipinski definition) is 2. The third kappa shape index (κ3) is 6.09. The Bertz CT molecular complexity index is 369. The molecule has 0 aromatic heterocycles. The first-order chi connectivity index (χ1) is 8.27. The van der Waals surface area contributed by atoms with E-state index in [-0.39, 0.29) is 24.0 Å². The number of aliphatic imine (C=N–C) groups is 1. The van der Waals surface area contributed by atoms with Crippen molar-refractivity contribution < 1.29 is 4.74 Å². The van der Waals surface area contributed by atoms with Crippen LogP contribution in [0.2, 0.25) is 0 Å². The molecule has 0 aliphatic carbocycles. The van der Waals surface area contributed by atoms with Crippen molar-refractivity contribution in [3.8, 4) is 5.75 Å². The second-order valence-corrected chi connectivity index (χ2v) is 3.76. The van der Waals surface area contributed by atoms with E-state index in [1.807, 2.05) is 18.2 Å². The van der Waals surface area contributed by atoms with Crippen LogP contribution < -0.4 is 15.8 Å². The van der Waals surface area contributed by atoms with E-state index >= 15 is 0 Å². The molecule has 0 saturated heterocycles. The lowest BCUT2D eigenvalue weighted by molar-refractivity contribution is 0.409. The fourth-order valence-electron chi connectivity index (χ4n) is 1.52. The van der Waals surface area contributed by atoms with Gasteiger partial charge in [0.05, 0.1) is 7.11 Å². The van der Waals surface area contributed by atoms with Crippen molar-refractivity contribution in [1.82, 2.24) is 5.32 Å². The first-order valence-corrected chi connectivity index (χ1v) is 5.93. The van der Waals surface area contributed by atoms with Gasteiger partial charge in [-0.3, -0.25) is 4.99 Å². The molecular formula is C13H22IN3O. The minimum Gasteiger partial charge on any atom is -0.496 e. The van der Waals surface area contributed by atoms with Crippen LogP contribution in [0.5, 0.6) is 5.75 Å². The number of rotatable bonds is 6. The largest absolute Gasteiger partial charge is 0.496 e. The van der Waals surface area contributed by atoms with Crippen molar-refractivity contribution in [2.24, 2.45) is 10.7 Å². The summed E-state index contributed by atoms with van der Waals surface area (Å²) >= 11 is 0. The van der Waals surface area contributed by atoms with Crippen LogP contribution in [0, 0.1) is 0 Å². The summed E-state index contributed by atoms with van der Waals surface area (Å²) in [7, 11) is 1.68. The fourth-order valence-corrected chi connectivity index (χ4v) is 1.52. The van der Waals surface area contributed by atoms with Crippen molar-refractivity contribution in [2.45, 2.75) is 19.8 Å². The summed E-state index contributed by atoms with van der Waals surface area (Å²) in [6.45, 7) is 3.61. The molecule has 4 nitrogen and oxygen atoms in total. The van der Waals surface area contributed by atoms with Crippen molar-refractivity contribution in [2.75, 3.05) is 20.2 Å². The fraction of sp³-hybridized carbons (Fsp3) is 0.462. The monoisotopic (exact) mass is 363 g/mol. The maximum absolute atomic E-state index is 5.70. The summed E-state index contributed by atoms with van der Waals surface area (Å²) in [6, 6.07) is 7.99. The zero-order valence-corrected chi connectivity index (χ0v) is 13.3. The number of halogens is 1. The molecule has 3 N–H and O–H groups in total. The van der Waals surface area contributed by atoms with E-state index in [9.17, 15) is 0 Å². The highest BCUT2D eigenvalue weighted by atomic mass is 127. The number of nitrogens with two attached hydrogens (primary N) is 1. The van der Waals surface area contributed by atoms with Gasteiger partial charge in [-0.25, -0.2) is 0 Å². The smallest absolute Gasteiger partial charge is 0.188 e. The number of hydrogen-bond acceptors (Lipinski definition) is 2. The minimum atomic E-state index is 0. The Kier molecular flexibility index (Phi) is 9.45. The van der Waals surface area contributed by atoms with Crippen molar-refractivity contribution in [3.05, 3.63) is 29.8 Å². The molecule has 0 fully saturated rings. The van der Waals surface area contributed by atoms with Crippen molar-refractivity contribution in [3.63, 3.8) is 0 Å². The molecule has 0 spiro atoms. The molecule has 5 heteroatoms. The van der Waals surface area contributed by atoms with E-state index in [0.717, 1.165) is 31.7 Å². The van der Waals surface area contributed by atoms with Crippen LogP contribution in [-0.4, -0.2) is 26.2 Å². The van der Waals surface area contributed by atoms with E-state index in [4.69, 9.17) is 10.5 Å². The molecule has 0 aliphatic rings. The number of nitrogens with zero attached hydrogens (tertiary/aromatic N) is 1. The third-order valence-electron chi connectivity index (χ3n) is 2.40. The Balaban J connectivity index is 0.00000289. The Morgan fingerprint density at radius 1 is 1.39 bits per heavy atom. The predicted octanol–water partition coefficient (Wildman–Crippen LogP) is 2.17. The van der Waals surface area contributed by atoms with Gasteiger partial charge in [-0.05, 0) is 24.5 Å². The van der Waals surface area contributed by atoms with E-state index in [0.29, 0.717) is 5.96 Å². The molecule has 0 bridgehead atoms. The van der Waals surface area contributed by atoms with E-state index in [2.05, 4.69) is 23.3 Å². The summed E-state index contributed by atoms with van der Waals surface area (Å²) in [5.74, 6) is 1.43. The quantitative estimate of drug-likeness (QED) is 0.463. The van der Waals surface area contributed by atoms with E-state index in [1.54, 1.807) is 7.11 Å². The van der Waals surface area contributed by atoms with Gasteiger partial charge in [0, 0.05) is 13.1 Å². The zero-order valence-electron chi connectivity index (χ0n) is 11.0. The Morgan fingerprint density at radius 3 is 2.78 bits per heavy atom. The standard InChI is InChI=1S/C13H21N3O.HI/c1-3-9-15-13(14)16-10-8-11-6-4-5-7-12(11)17-2;/h4-7H,3,8-10H2,1-2H3,(H3,14,15,16);1H. The van der Waals surface area contributed by atoms with Gasteiger partial charge >= 0.3 is 0 Å². The number of methoxy groups -OCH3 is 1. The minimum absolute atomic E-state index is 0. The van der Waals surface area contributed by atoms with Crippen LogP contribution >= 0.6 is 24.0 Å². The number of ether oxygens (including phenoxy) is 1. The Morgan fingerprint density at radius 2 is 2.11 bits per heavy atom. The van der Waals surface area contributed by atoms with Crippen LogP contribution in [0.4, 0.5) is 0 Å². The van der Waals surface area contributed by atoms with Gasteiger partial charge in [0.1, 0.15) is 5.75 Å². The van der Waals surface area contributed by atoms with E-state index in [1.165, 1.54) is 5.56 Å². The zero-order chi connectivity index (χ0) is 12.5. The van der Waals surface area contributed by atoms with E-state index < -0.39 is 0 Å². The molecule has 0 unspecified atom stereocenters. The molecule has 0 aliphatic heterocycles. The average molecular weight is 363 g/mol. The topological polar surface area (TPSA) is 59.6 Å². The molecule has 0 amide bonds. The van der Waals surface area contributed by atoms with Gasteiger partial charge in [0.15, 0.2) is 5.96 Å². The Labute approximate surface area is 126 Å². The summed E-state index contributed by atoms with van der Waals surface area (Å²) in [5.41, 5.74) is 6.87. The van der Waals surface area contributed by atoms with Gasteiger partial charge in [0.2, 0.25) is 0 Å². The number of guanidine groups is 1. The third-order valence-corrected chi connectivity index (χ3v) is 2.40. The first-order valence-electron chi connectivity index (χ1n) is 5.93. The molecule has 0 heterocycles. The number of nitrogens with one attached hydrogen (secondary N) is 1. The normalized spacial score (nSPS) is 10.7. The molecule has 102 valence electrons. The van der Waals surface area contributed by atoms with Gasteiger partial charge in [-0.2, -0.15) is 0 Å². The number of benzene rings is 1. The summed E-state index contributed by atoms with van der Waals surface area (Å²) in [6.07, 6.45) is 1.88. The summed E-state index contributed by atoms with van der Waals surface area (Å²) < 4.78 is 5.28. The Hall–Kier alpha value is -0.980. The summed E-state index contributed by atoms with van der Waals surface area (Å²) in [5, 5.41) is 3.09.